The molecule has 1 heterocycles. The lowest BCUT2D eigenvalue weighted by Gasteiger charge is -2.18. The number of rotatable bonds is 1. The molecule has 0 aliphatic carbocycles. The second-order valence-electron chi connectivity index (χ2n) is 3.93. The minimum Gasteiger partial charge on any atom is -0.330 e. The first-order valence-electron chi connectivity index (χ1n) is 5.15. The molecule has 1 aromatic rings. The van der Waals surface area contributed by atoms with Crippen LogP contribution in [0.4, 0.5) is 14.5 Å². The van der Waals surface area contributed by atoms with E-state index < -0.39 is 11.6 Å². The summed E-state index contributed by atoms with van der Waals surface area (Å²) in [5.41, 5.74) is -0.144. The first kappa shape index (κ1) is 12.8. The van der Waals surface area contributed by atoms with Gasteiger partial charge in [0, 0.05) is 16.8 Å². The highest BCUT2D eigenvalue weighted by Gasteiger charge is 2.16. The topological polar surface area (TPSA) is 24.4 Å². The second kappa shape index (κ2) is 5.35. The number of thioether (sulfide) groups is 1. The standard InChI is InChI=1S/C11H11BrF2N2S/c1-6-4-15-11(17-5-6)16-10-8(13)2-7(12)3-9(10)14/h2-3,6H,4-5H2,1H3,(H,15,16). The normalized spacial score (nSPS) is 20.0. The Bertz CT molecular complexity index is 442. The molecule has 92 valence electrons. The molecule has 17 heavy (non-hydrogen) atoms. The largest absolute Gasteiger partial charge is 0.330 e. The lowest BCUT2D eigenvalue weighted by Crippen LogP contribution is -2.19. The highest BCUT2D eigenvalue weighted by molar-refractivity contribution is 9.10. The molecule has 0 saturated carbocycles. The first-order valence-corrected chi connectivity index (χ1v) is 6.93. The highest BCUT2D eigenvalue weighted by atomic mass is 79.9. The lowest BCUT2D eigenvalue weighted by atomic mass is 10.2. The Morgan fingerprint density at radius 3 is 2.59 bits per heavy atom. The lowest BCUT2D eigenvalue weighted by molar-refractivity contribution is 0.589. The Labute approximate surface area is 111 Å². The second-order valence-corrected chi connectivity index (χ2v) is 5.86. The molecule has 0 saturated heterocycles. The van der Waals surface area contributed by atoms with E-state index in [2.05, 4.69) is 33.2 Å². The number of halogens is 3. The van der Waals surface area contributed by atoms with Crippen molar-refractivity contribution in [2.45, 2.75) is 6.92 Å². The molecular formula is C11H11BrF2N2S. The van der Waals surface area contributed by atoms with Gasteiger partial charge in [0.05, 0.1) is 0 Å². The highest BCUT2D eigenvalue weighted by Crippen LogP contribution is 2.26. The monoisotopic (exact) mass is 320 g/mol. The summed E-state index contributed by atoms with van der Waals surface area (Å²) >= 11 is 4.52. The van der Waals surface area contributed by atoms with Gasteiger partial charge in [0.25, 0.3) is 0 Å². The molecule has 1 aromatic carbocycles. The van der Waals surface area contributed by atoms with Crippen molar-refractivity contribution in [2.75, 3.05) is 17.6 Å². The molecule has 0 fully saturated rings. The SMILES string of the molecule is CC1CN=C(Nc2c(F)cc(Br)cc2F)SC1. The molecule has 1 unspecified atom stereocenters. The van der Waals surface area contributed by atoms with Crippen LogP contribution in [0, 0.1) is 17.6 Å². The summed E-state index contributed by atoms with van der Waals surface area (Å²) in [5, 5.41) is 3.28. The predicted octanol–water partition coefficient (Wildman–Crippen LogP) is 3.88. The van der Waals surface area contributed by atoms with Gasteiger partial charge >= 0.3 is 0 Å². The zero-order valence-corrected chi connectivity index (χ0v) is 11.5. The number of benzene rings is 1. The Morgan fingerprint density at radius 2 is 2.06 bits per heavy atom. The number of aliphatic imine (C=N–C) groups is 1. The summed E-state index contributed by atoms with van der Waals surface area (Å²) in [5.74, 6) is 0.161. The average Bonchev–Trinajstić information content (AvgIpc) is 2.26. The Balaban J connectivity index is 2.19. The summed E-state index contributed by atoms with van der Waals surface area (Å²) in [6.07, 6.45) is 0. The van der Waals surface area contributed by atoms with Crippen molar-refractivity contribution in [2.24, 2.45) is 10.9 Å². The van der Waals surface area contributed by atoms with Crippen LogP contribution in [-0.4, -0.2) is 17.5 Å². The van der Waals surface area contributed by atoms with Gasteiger partial charge in [-0.2, -0.15) is 0 Å². The van der Waals surface area contributed by atoms with Crippen molar-refractivity contribution in [1.82, 2.24) is 0 Å². The predicted molar refractivity (Wildman–Crippen MR) is 71.6 cm³/mol. The van der Waals surface area contributed by atoms with E-state index >= 15 is 0 Å². The fourth-order valence-electron chi connectivity index (χ4n) is 1.40. The van der Waals surface area contributed by atoms with Crippen LogP contribution in [0.2, 0.25) is 0 Å². The Kier molecular flexibility index (Phi) is 4.04. The zero-order chi connectivity index (χ0) is 12.4. The molecule has 1 aliphatic rings. The van der Waals surface area contributed by atoms with Gasteiger partial charge in [-0.3, -0.25) is 4.99 Å². The average molecular weight is 321 g/mol. The Morgan fingerprint density at radius 1 is 1.41 bits per heavy atom. The van der Waals surface area contributed by atoms with Crippen LogP contribution in [0.5, 0.6) is 0 Å². The summed E-state index contributed by atoms with van der Waals surface area (Å²) in [6, 6.07) is 2.45. The van der Waals surface area contributed by atoms with E-state index in [1.807, 2.05) is 0 Å². The number of nitrogens with zero attached hydrogens (tertiary/aromatic N) is 1. The van der Waals surface area contributed by atoms with Gasteiger partial charge in [0.1, 0.15) is 5.69 Å². The zero-order valence-electron chi connectivity index (χ0n) is 9.14. The van der Waals surface area contributed by atoms with E-state index in [9.17, 15) is 8.78 Å². The molecule has 0 radical (unpaired) electrons. The van der Waals surface area contributed by atoms with Crippen molar-refractivity contribution in [1.29, 1.82) is 0 Å². The summed E-state index contributed by atoms with van der Waals surface area (Å²) in [6.45, 7) is 2.78. The van der Waals surface area contributed by atoms with E-state index in [0.29, 0.717) is 22.1 Å². The van der Waals surface area contributed by atoms with Crippen LogP contribution >= 0.6 is 27.7 Å². The quantitative estimate of drug-likeness (QED) is 0.849. The first-order chi connectivity index (χ1) is 8.06. The summed E-state index contributed by atoms with van der Waals surface area (Å²) < 4.78 is 27.5. The molecule has 1 N–H and O–H groups in total. The molecule has 1 atom stereocenters. The third kappa shape index (κ3) is 3.19. The van der Waals surface area contributed by atoms with E-state index in [4.69, 9.17) is 0 Å². The van der Waals surface area contributed by atoms with Crippen molar-refractivity contribution in [3.8, 4) is 0 Å². The van der Waals surface area contributed by atoms with Gasteiger partial charge in [-0.05, 0) is 18.1 Å². The van der Waals surface area contributed by atoms with Crippen LogP contribution in [0.15, 0.2) is 21.6 Å². The number of hydrogen-bond donors (Lipinski definition) is 1. The molecule has 1 aliphatic heterocycles. The Hall–Kier alpha value is -0.620. The van der Waals surface area contributed by atoms with Crippen LogP contribution in [-0.2, 0) is 0 Å². The molecule has 0 amide bonds. The van der Waals surface area contributed by atoms with Gasteiger partial charge in [-0.1, -0.05) is 34.6 Å². The third-order valence-corrected chi connectivity index (χ3v) is 3.99. The van der Waals surface area contributed by atoms with Gasteiger partial charge in [0.2, 0.25) is 0 Å². The number of anilines is 1. The van der Waals surface area contributed by atoms with Crippen LogP contribution in [0.3, 0.4) is 0 Å². The number of amidine groups is 1. The number of hydrogen-bond acceptors (Lipinski definition) is 3. The smallest absolute Gasteiger partial charge is 0.161 e. The van der Waals surface area contributed by atoms with Crippen molar-refractivity contribution < 1.29 is 8.78 Å². The summed E-state index contributed by atoms with van der Waals surface area (Å²) in [4.78, 5) is 4.23. The van der Waals surface area contributed by atoms with E-state index in [-0.39, 0.29) is 5.69 Å². The van der Waals surface area contributed by atoms with Crippen LogP contribution < -0.4 is 5.32 Å². The van der Waals surface area contributed by atoms with Gasteiger partial charge < -0.3 is 5.32 Å². The molecule has 2 rings (SSSR count). The van der Waals surface area contributed by atoms with Crippen LogP contribution in [0.25, 0.3) is 0 Å². The molecule has 2 nitrogen and oxygen atoms in total. The maximum atomic E-state index is 13.5. The van der Waals surface area contributed by atoms with Crippen molar-refractivity contribution in [3.63, 3.8) is 0 Å². The third-order valence-electron chi connectivity index (χ3n) is 2.29. The van der Waals surface area contributed by atoms with Gasteiger partial charge in [-0.15, -0.1) is 0 Å². The molecule has 0 bridgehead atoms. The molecule has 6 heteroatoms. The summed E-state index contributed by atoms with van der Waals surface area (Å²) in [7, 11) is 0. The van der Waals surface area contributed by atoms with E-state index in [0.717, 1.165) is 5.75 Å². The van der Waals surface area contributed by atoms with Gasteiger partial charge in [-0.25, -0.2) is 8.78 Å². The van der Waals surface area contributed by atoms with Crippen molar-refractivity contribution in [3.05, 3.63) is 28.2 Å². The molecule has 0 spiro atoms. The van der Waals surface area contributed by atoms with Crippen molar-refractivity contribution >= 4 is 38.5 Å². The molecule has 0 aromatic heterocycles. The van der Waals surface area contributed by atoms with E-state index in [1.165, 1.54) is 23.9 Å². The van der Waals surface area contributed by atoms with Gasteiger partial charge in [0.15, 0.2) is 16.8 Å². The fourth-order valence-corrected chi connectivity index (χ4v) is 2.69. The van der Waals surface area contributed by atoms with Crippen LogP contribution in [0.1, 0.15) is 6.92 Å². The van der Waals surface area contributed by atoms with E-state index in [1.54, 1.807) is 0 Å². The fraction of sp³-hybridized carbons (Fsp3) is 0.364. The maximum absolute atomic E-state index is 13.5. The molecular weight excluding hydrogens is 310 g/mol. The minimum absolute atomic E-state index is 0.144. The number of nitrogens with one attached hydrogen (secondary N) is 1. The maximum Gasteiger partial charge on any atom is 0.161 e. The minimum atomic E-state index is -0.626.